The molecule has 1 aromatic carbocycles. The number of amides is 1. The van der Waals surface area contributed by atoms with Crippen molar-refractivity contribution in [2.75, 3.05) is 29.6 Å². The third-order valence-corrected chi connectivity index (χ3v) is 5.40. The van der Waals surface area contributed by atoms with Crippen LogP contribution in [0.5, 0.6) is 0 Å². The van der Waals surface area contributed by atoms with Crippen LogP contribution < -0.4 is 16.0 Å². The maximum Gasteiger partial charge on any atom is 0.414 e. The van der Waals surface area contributed by atoms with Gasteiger partial charge in [-0.2, -0.15) is 0 Å². The van der Waals surface area contributed by atoms with Crippen molar-refractivity contribution < 1.29 is 17.9 Å². The molecule has 1 atom stereocenters. The normalized spacial score (nSPS) is 17.6. The molecule has 0 saturated carbocycles. The summed E-state index contributed by atoms with van der Waals surface area (Å²) in [7, 11) is -3.13. The van der Waals surface area contributed by atoms with Gasteiger partial charge in [-0.1, -0.05) is 25.5 Å². The number of sulfone groups is 1. The van der Waals surface area contributed by atoms with Crippen molar-refractivity contribution in [2.24, 2.45) is 5.73 Å². The number of rotatable bonds is 9. The highest BCUT2D eigenvalue weighted by Crippen LogP contribution is 2.22. The third kappa shape index (κ3) is 5.43. The van der Waals surface area contributed by atoms with Gasteiger partial charge in [0, 0.05) is 17.8 Å². The first-order valence-corrected chi connectivity index (χ1v) is 9.98. The molecule has 0 aliphatic carbocycles. The van der Waals surface area contributed by atoms with E-state index in [2.05, 4.69) is 5.32 Å². The summed E-state index contributed by atoms with van der Waals surface area (Å²) in [6, 6.07) is 6.78. The Labute approximate surface area is 147 Å². The summed E-state index contributed by atoms with van der Waals surface area (Å²) < 4.78 is 28.9. The molecule has 0 spiro atoms. The fourth-order valence-electron chi connectivity index (χ4n) is 2.49. The molecule has 1 amide bonds. The number of hydrogen-bond acceptors (Lipinski definition) is 6. The first kappa shape index (κ1) is 19.2. The summed E-state index contributed by atoms with van der Waals surface area (Å²) in [5, 5.41) is 10.3. The second-order valence-corrected chi connectivity index (χ2v) is 8.16. The van der Waals surface area contributed by atoms with Gasteiger partial charge in [0.1, 0.15) is 11.9 Å². The van der Waals surface area contributed by atoms with Gasteiger partial charge in [-0.25, -0.2) is 13.2 Å². The summed E-state index contributed by atoms with van der Waals surface area (Å²) in [6.45, 7) is 2.51. The molecule has 1 aliphatic rings. The van der Waals surface area contributed by atoms with E-state index in [1.165, 1.54) is 4.90 Å². The fraction of sp³-hybridized carbons (Fsp3) is 0.500. The summed E-state index contributed by atoms with van der Waals surface area (Å²) in [5.41, 5.74) is 6.58. The maximum atomic E-state index is 12.0. The van der Waals surface area contributed by atoms with Crippen LogP contribution in [0.15, 0.2) is 24.3 Å². The summed E-state index contributed by atoms with van der Waals surface area (Å²) in [6.07, 6.45) is 0.535. The van der Waals surface area contributed by atoms with E-state index < -0.39 is 22.0 Å². The average molecular weight is 368 g/mol. The molecule has 1 unspecified atom stereocenters. The predicted molar refractivity (Wildman–Crippen MR) is 96.6 cm³/mol. The number of amidine groups is 1. The van der Waals surface area contributed by atoms with E-state index in [0.29, 0.717) is 24.2 Å². The minimum atomic E-state index is -3.13. The van der Waals surface area contributed by atoms with Crippen LogP contribution in [0.1, 0.15) is 25.3 Å². The number of nitrogens with one attached hydrogen (secondary N) is 2. The topological polar surface area (TPSA) is 126 Å². The van der Waals surface area contributed by atoms with Crippen LogP contribution >= 0.6 is 0 Å². The quantitative estimate of drug-likeness (QED) is 0.442. The van der Waals surface area contributed by atoms with Crippen LogP contribution in [0.4, 0.5) is 10.5 Å². The molecule has 0 radical (unpaired) electrons. The van der Waals surface area contributed by atoms with E-state index in [1.54, 1.807) is 24.3 Å². The van der Waals surface area contributed by atoms with Gasteiger partial charge in [0.2, 0.25) is 0 Å². The zero-order valence-electron chi connectivity index (χ0n) is 14.2. The first-order valence-electron chi connectivity index (χ1n) is 8.16. The van der Waals surface area contributed by atoms with E-state index in [-0.39, 0.29) is 24.0 Å². The number of ether oxygens (including phenoxy) is 1. The molecule has 1 saturated heterocycles. The first-order chi connectivity index (χ1) is 11.8. The second-order valence-electron chi connectivity index (χ2n) is 5.98. The van der Waals surface area contributed by atoms with Crippen molar-refractivity contribution in [3.8, 4) is 0 Å². The summed E-state index contributed by atoms with van der Waals surface area (Å²) in [5.74, 6) is -0.0453. The molecule has 4 N–H and O–H groups in total. The van der Waals surface area contributed by atoms with Crippen LogP contribution in [0.3, 0.4) is 0 Å². The van der Waals surface area contributed by atoms with E-state index in [9.17, 15) is 13.2 Å². The number of hydrogen-bond donors (Lipinski definition) is 3. The number of unbranched alkanes of at least 4 members (excludes halogenated alkanes) is 1. The Bertz CT molecular complexity index is 735. The Morgan fingerprint density at radius 2 is 2.24 bits per heavy atom. The smallest absolute Gasteiger partial charge is 0.414 e. The molecule has 138 valence electrons. The standard InChI is InChI=1S/C16H24N4O4S/c1-2-3-7-25(22,23)11-19-9-14-10-20(16(21)24-14)13-6-4-5-12(8-13)15(17)18/h4-6,8,14,19H,2-3,7,9-11H2,1H3,(H3,17,18). The van der Waals surface area contributed by atoms with Crippen molar-refractivity contribution in [3.63, 3.8) is 0 Å². The van der Waals surface area contributed by atoms with E-state index in [4.69, 9.17) is 15.9 Å². The molecule has 8 nitrogen and oxygen atoms in total. The number of nitrogen functional groups attached to an aromatic ring is 1. The monoisotopic (exact) mass is 368 g/mol. The summed E-state index contributed by atoms with van der Waals surface area (Å²) >= 11 is 0. The third-order valence-electron chi connectivity index (χ3n) is 3.85. The number of carbonyl (C=O) groups excluding carboxylic acids is 1. The van der Waals surface area contributed by atoms with Crippen LogP contribution in [0.25, 0.3) is 0 Å². The van der Waals surface area contributed by atoms with E-state index in [0.717, 1.165) is 6.42 Å². The Morgan fingerprint density at radius 1 is 1.48 bits per heavy atom. The fourth-order valence-corrected chi connectivity index (χ4v) is 3.79. The van der Waals surface area contributed by atoms with Gasteiger partial charge in [0.15, 0.2) is 9.84 Å². The SMILES string of the molecule is CCCCS(=O)(=O)CNCC1CN(c2cccc(C(=N)N)c2)C(=O)O1. The molecule has 1 heterocycles. The molecule has 0 bridgehead atoms. The van der Waals surface area contributed by atoms with Gasteiger partial charge in [-0.3, -0.25) is 15.6 Å². The van der Waals surface area contributed by atoms with Crippen LogP contribution in [-0.2, 0) is 14.6 Å². The Hall–Kier alpha value is -2.13. The number of nitrogens with zero attached hydrogens (tertiary/aromatic N) is 1. The number of benzene rings is 1. The molecule has 1 fully saturated rings. The minimum Gasteiger partial charge on any atom is -0.443 e. The van der Waals surface area contributed by atoms with Gasteiger partial charge in [0.05, 0.1) is 18.2 Å². The molecule has 1 aromatic rings. The van der Waals surface area contributed by atoms with Crippen molar-refractivity contribution in [1.29, 1.82) is 5.41 Å². The molecular weight excluding hydrogens is 344 g/mol. The van der Waals surface area contributed by atoms with Crippen molar-refractivity contribution >= 4 is 27.5 Å². The van der Waals surface area contributed by atoms with Crippen LogP contribution in [0.2, 0.25) is 0 Å². The Balaban J connectivity index is 1.90. The molecule has 0 aromatic heterocycles. The summed E-state index contributed by atoms with van der Waals surface area (Å²) in [4.78, 5) is 13.5. The molecule has 2 rings (SSSR count). The highest BCUT2D eigenvalue weighted by atomic mass is 32.2. The predicted octanol–water partition coefficient (Wildman–Crippen LogP) is 1.06. The second kappa shape index (κ2) is 8.30. The van der Waals surface area contributed by atoms with Gasteiger partial charge in [-0.05, 0) is 18.6 Å². The zero-order valence-corrected chi connectivity index (χ0v) is 15.0. The lowest BCUT2D eigenvalue weighted by molar-refractivity contribution is 0.141. The highest BCUT2D eigenvalue weighted by molar-refractivity contribution is 7.91. The van der Waals surface area contributed by atoms with E-state index >= 15 is 0 Å². The average Bonchev–Trinajstić information content (AvgIpc) is 2.93. The van der Waals surface area contributed by atoms with Crippen molar-refractivity contribution in [1.82, 2.24) is 5.32 Å². The number of anilines is 1. The highest BCUT2D eigenvalue weighted by Gasteiger charge is 2.32. The maximum absolute atomic E-state index is 12.0. The lowest BCUT2D eigenvalue weighted by Gasteiger charge is -2.14. The lowest BCUT2D eigenvalue weighted by Crippen LogP contribution is -2.34. The molecular formula is C16H24N4O4S. The van der Waals surface area contributed by atoms with Gasteiger partial charge in [-0.15, -0.1) is 0 Å². The largest absolute Gasteiger partial charge is 0.443 e. The molecule has 1 aliphatic heterocycles. The number of cyclic esters (lactones) is 1. The van der Waals surface area contributed by atoms with Gasteiger partial charge < -0.3 is 10.5 Å². The van der Waals surface area contributed by atoms with Gasteiger partial charge in [0.25, 0.3) is 0 Å². The van der Waals surface area contributed by atoms with E-state index in [1.807, 2.05) is 6.92 Å². The number of carbonyl (C=O) groups is 1. The van der Waals surface area contributed by atoms with Gasteiger partial charge >= 0.3 is 6.09 Å². The minimum absolute atomic E-state index is 0.0788. The van der Waals surface area contributed by atoms with Crippen LogP contribution in [-0.4, -0.2) is 51.2 Å². The van der Waals surface area contributed by atoms with Crippen molar-refractivity contribution in [2.45, 2.75) is 25.9 Å². The zero-order chi connectivity index (χ0) is 18.4. The molecule has 25 heavy (non-hydrogen) atoms. The lowest BCUT2D eigenvalue weighted by atomic mass is 10.1. The van der Waals surface area contributed by atoms with Crippen LogP contribution in [0, 0.1) is 5.41 Å². The number of nitrogens with two attached hydrogens (primary N) is 1. The molecule has 9 heteroatoms. The Morgan fingerprint density at radius 3 is 2.92 bits per heavy atom. The Kier molecular flexibility index (Phi) is 6.38. The van der Waals surface area contributed by atoms with Crippen molar-refractivity contribution in [3.05, 3.63) is 29.8 Å².